The molecule has 1 aromatic carbocycles. The molecule has 4 unspecified atom stereocenters. The quantitative estimate of drug-likeness (QED) is 0.904. The zero-order valence-corrected chi connectivity index (χ0v) is 12.1. The largest absolute Gasteiger partial charge is 0.496 e. The van der Waals surface area contributed by atoms with Crippen molar-refractivity contribution in [2.45, 2.75) is 24.9 Å². The third-order valence-electron chi connectivity index (χ3n) is 4.52. The van der Waals surface area contributed by atoms with Gasteiger partial charge in [-0.15, -0.1) is 12.4 Å². The standard InChI is InChI=1S/C15H21NO2.ClH/c1-18-15-5-3-2-4-12(15)11-6-8-16-9-7-14(17)13(11)10-16;/h2-5,11,13-14,17H,6-10H2,1H3;1H. The number of methoxy groups -OCH3 is 1. The molecular weight excluding hydrogens is 262 g/mol. The van der Waals surface area contributed by atoms with Gasteiger partial charge in [-0.3, -0.25) is 0 Å². The number of aliphatic hydroxyl groups is 1. The Morgan fingerprint density at radius 1 is 1.21 bits per heavy atom. The first-order valence-electron chi connectivity index (χ1n) is 6.83. The number of fused-ring (bicyclic) bond motifs is 2. The van der Waals surface area contributed by atoms with Gasteiger partial charge in [-0.1, -0.05) is 18.2 Å². The van der Waals surface area contributed by atoms with Crippen LogP contribution in [0.25, 0.3) is 0 Å². The molecule has 106 valence electrons. The maximum Gasteiger partial charge on any atom is 0.122 e. The third-order valence-corrected chi connectivity index (χ3v) is 4.52. The fraction of sp³-hybridized carbons (Fsp3) is 0.600. The Labute approximate surface area is 121 Å². The van der Waals surface area contributed by atoms with E-state index in [1.54, 1.807) is 7.11 Å². The predicted octanol–water partition coefficient (Wildman–Crippen LogP) is 2.29. The third kappa shape index (κ3) is 2.73. The number of aliphatic hydroxyl groups excluding tert-OH is 1. The first kappa shape index (κ1) is 14.6. The minimum absolute atomic E-state index is 0. The minimum atomic E-state index is -0.156. The number of piperidine rings is 2. The van der Waals surface area contributed by atoms with Crippen LogP contribution >= 0.6 is 12.4 Å². The summed E-state index contributed by atoms with van der Waals surface area (Å²) < 4.78 is 5.48. The van der Waals surface area contributed by atoms with Crippen molar-refractivity contribution in [2.75, 3.05) is 26.7 Å². The Bertz CT molecular complexity index is 426. The van der Waals surface area contributed by atoms with Crippen molar-refractivity contribution in [2.24, 2.45) is 5.92 Å². The van der Waals surface area contributed by atoms with Crippen LogP contribution in [0.3, 0.4) is 0 Å². The minimum Gasteiger partial charge on any atom is -0.496 e. The van der Waals surface area contributed by atoms with E-state index < -0.39 is 0 Å². The first-order valence-corrected chi connectivity index (χ1v) is 6.83. The van der Waals surface area contributed by atoms with Gasteiger partial charge < -0.3 is 14.7 Å². The molecular formula is C15H22ClNO2. The second-order valence-corrected chi connectivity index (χ2v) is 5.46. The molecule has 19 heavy (non-hydrogen) atoms. The highest BCUT2D eigenvalue weighted by molar-refractivity contribution is 5.85. The Morgan fingerprint density at radius 2 is 1.95 bits per heavy atom. The topological polar surface area (TPSA) is 32.7 Å². The summed E-state index contributed by atoms with van der Waals surface area (Å²) in [5.41, 5.74) is 1.27. The monoisotopic (exact) mass is 283 g/mol. The summed E-state index contributed by atoms with van der Waals surface area (Å²) in [7, 11) is 1.73. The Balaban J connectivity index is 0.00000133. The highest BCUT2D eigenvalue weighted by Crippen LogP contribution is 2.41. The number of nitrogens with zero attached hydrogens (tertiary/aromatic N) is 1. The van der Waals surface area contributed by atoms with Gasteiger partial charge in [0.2, 0.25) is 0 Å². The van der Waals surface area contributed by atoms with E-state index in [-0.39, 0.29) is 18.5 Å². The van der Waals surface area contributed by atoms with Crippen LogP contribution in [0.5, 0.6) is 5.75 Å². The van der Waals surface area contributed by atoms with Gasteiger partial charge in [-0.2, -0.15) is 0 Å². The molecule has 0 aromatic heterocycles. The predicted molar refractivity (Wildman–Crippen MR) is 78.2 cm³/mol. The van der Waals surface area contributed by atoms with Crippen molar-refractivity contribution in [3.8, 4) is 5.75 Å². The lowest BCUT2D eigenvalue weighted by Crippen LogP contribution is -2.50. The highest BCUT2D eigenvalue weighted by Gasteiger charge is 2.39. The van der Waals surface area contributed by atoms with Crippen LogP contribution < -0.4 is 4.74 Å². The summed E-state index contributed by atoms with van der Waals surface area (Å²) in [6.45, 7) is 3.23. The SMILES string of the molecule is COc1ccccc1C1CCN2CCC(O)C1C2.Cl. The molecule has 4 atom stereocenters. The number of para-hydroxylation sites is 1. The first-order chi connectivity index (χ1) is 8.79. The molecule has 3 nitrogen and oxygen atoms in total. The van der Waals surface area contributed by atoms with Gasteiger partial charge in [0.05, 0.1) is 13.2 Å². The van der Waals surface area contributed by atoms with E-state index in [1.807, 2.05) is 12.1 Å². The lowest BCUT2D eigenvalue weighted by atomic mass is 9.74. The molecule has 2 fully saturated rings. The van der Waals surface area contributed by atoms with Gasteiger partial charge >= 0.3 is 0 Å². The fourth-order valence-electron chi connectivity index (χ4n) is 3.53. The van der Waals surface area contributed by atoms with Crippen LogP contribution in [0.15, 0.2) is 24.3 Å². The molecule has 0 amide bonds. The summed E-state index contributed by atoms with van der Waals surface area (Å²) in [5, 5.41) is 10.2. The van der Waals surface area contributed by atoms with E-state index in [1.165, 1.54) is 5.56 Å². The van der Waals surface area contributed by atoms with Crippen LogP contribution in [0.1, 0.15) is 24.3 Å². The molecule has 1 aromatic rings. The Morgan fingerprint density at radius 3 is 2.74 bits per heavy atom. The molecule has 0 aliphatic carbocycles. The molecule has 4 heteroatoms. The smallest absolute Gasteiger partial charge is 0.122 e. The number of halogens is 1. The van der Waals surface area contributed by atoms with Crippen molar-refractivity contribution in [1.29, 1.82) is 0 Å². The van der Waals surface area contributed by atoms with E-state index in [0.29, 0.717) is 11.8 Å². The number of rotatable bonds is 2. The lowest BCUT2D eigenvalue weighted by Gasteiger charge is -2.45. The number of hydrogen-bond donors (Lipinski definition) is 1. The van der Waals surface area contributed by atoms with Crippen molar-refractivity contribution in [3.05, 3.63) is 29.8 Å². The molecule has 2 saturated heterocycles. The maximum atomic E-state index is 10.2. The van der Waals surface area contributed by atoms with E-state index in [4.69, 9.17) is 4.74 Å². The van der Waals surface area contributed by atoms with Gasteiger partial charge in [0.1, 0.15) is 5.75 Å². The summed E-state index contributed by atoms with van der Waals surface area (Å²) in [6, 6.07) is 8.26. The van der Waals surface area contributed by atoms with E-state index in [2.05, 4.69) is 17.0 Å². The Hall–Kier alpha value is -0.770. The van der Waals surface area contributed by atoms with E-state index >= 15 is 0 Å². The summed E-state index contributed by atoms with van der Waals surface area (Å²) in [5.74, 6) is 1.77. The fourth-order valence-corrected chi connectivity index (χ4v) is 3.53. The Kier molecular flexibility index (Phi) is 4.71. The number of benzene rings is 1. The van der Waals surface area contributed by atoms with Crippen molar-refractivity contribution in [3.63, 3.8) is 0 Å². The van der Waals surface area contributed by atoms with E-state index in [0.717, 1.165) is 38.2 Å². The van der Waals surface area contributed by atoms with Crippen LogP contribution in [-0.2, 0) is 0 Å². The summed E-state index contributed by atoms with van der Waals surface area (Å²) in [4.78, 5) is 2.48. The zero-order chi connectivity index (χ0) is 12.5. The van der Waals surface area contributed by atoms with Crippen LogP contribution in [0.4, 0.5) is 0 Å². The highest BCUT2D eigenvalue weighted by atomic mass is 35.5. The zero-order valence-electron chi connectivity index (χ0n) is 11.3. The number of hydrogen-bond acceptors (Lipinski definition) is 3. The molecule has 2 aliphatic heterocycles. The molecule has 0 radical (unpaired) electrons. The molecule has 1 N–H and O–H groups in total. The molecule has 2 heterocycles. The van der Waals surface area contributed by atoms with E-state index in [9.17, 15) is 5.11 Å². The lowest BCUT2D eigenvalue weighted by molar-refractivity contribution is -0.0127. The average molecular weight is 284 g/mol. The van der Waals surface area contributed by atoms with Crippen molar-refractivity contribution < 1.29 is 9.84 Å². The molecule has 0 spiro atoms. The molecule has 2 bridgehead atoms. The molecule has 2 aliphatic rings. The van der Waals surface area contributed by atoms with Gasteiger partial charge in [0.25, 0.3) is 0 Å². The second-order valence-electron chi connectivity index (χ2n) is 5.46. The summed E-state index contributed by atoms with van der Waals surface area (Å²) >= 11 is 0. The number of ether oxygens (including phenoxy) is 1. The second kappa shape index (κ2) is 6.12. The van der Waals surface area contributed by atoms with Gasteiger partial charge in [0, 0.05) is 19.0 Å². The molecule has 0 saturated carbocycles. The van der Waals surface area contributed by atoms with Crippen LogP contribution in [0, 0.1) is 5.92 Å². The maximum absolute atomic E-state index is 10.2. The van der Waals surface area contributed by atoms with Gasteiger partial charge in [-0.05, 0) is 36.9 Å². The van der Waals surface area contributed by atoms with Crippen LogP contribution in [0.2, 0.25) is 0 Å². The van der Waals surface area contributed by atoms with Crippen molar-refractivity contribution in [1.82, 2.24) is 4.90 Å². The van der Waals surface area contributed by atoms with Gasteiger partial charge in [-0.25, -0.2) is 0 Å². The normalized spacial score (nSPS) is 33.4. The molecule has 3 rings (SSSR count). The van der Waals surface area contributed by atoms with Crippen molar-refractivity contribution >= 4 is 12.4 Å². The summed E-state index contributed by atoms with van der Waals surface area (Å²) in [6.07, 6.45) is 1.88. The average Bonchev–Trinajstić information content (AvgIpc) is 2.43. The van der Waals surface area contributed by atoms with Gasteiger partial charge in [0.15, 0.2) is 0 Å². The van der Waals surface area contributed by atoms with Crippen LogP contribution in [-0.4, -0.2) is 42.9 Å².